The predicted molar refractivity (Wildman–Crippen MR) is 78.7 cm³/mol. The van der Waals surface area contributed by atoms with Gasteiger partial charge in [-0.25, -0.2) is 9.18 Å². The summed E-state index contributed by atoms with van der Waals surface area (Å²) in [5.74, 6) is -0.534. The molecule has 1 aromatic carbocycles. The van der Waals surface area contributed by atoms with Gasteiger partial charge in [-0.3, -0.25) is 10.3 Å². The highest BCUT2D eigenvalue weighted by Gasteiger charge is 2.07. The molecule has 0 unspecified atom stereocenters. The number of hydrogen-bond acceptors (Lipinski definition) is 4. The fraction of sp³-hybridized carbons (Fsp3) is 0.200. The lowest BCUT2D eigenvalue weighted by atomic mass is 10.2. The van der Waals surface area contributed by atoms with Crippen molar-refractivity contribution < 1.29 is 13.9 Å². The van der Waals surface area contributed by atoms with E-state index in [1.165, 1.54) is 19.2 Å². The maximum absolute atomic E-state index is 13.8. The van der Waals surface area contributed by atoms with Crippen molar-refractivity contribution in [3.8, 4) is 0 Å². The molecule has 0 fully saturated rings. The van der Waals surface area contributed by atoms with Crippen LogP contribution in [-0.2, 0) is 11.3 Å². The monoisotopic (exact) mass is 289 g/mol. The molecule has 0 aliphatic heterocycles. The Morgan fingerprint density at radius 3 is 2.86 bits per heavy atom. The Hall–Kier alpha value is -2.63. The van der Waals surface area contributed by atoms with Gasteiger partial charge < -0.3 is 10.1 Å². The van der Waals surface area contributed by atoms with Crippen LogP contribution in [0.2, 0.25) is 0 Å². The van der Waals surface area contributed by atoms with Crippen molar-refractivity contribution in [3.05, 3.63) is 53.6 Å². The molecule has 0 saturated carbocycles. The van der Waals surface area contributed by atoms with Crippen LogP contribution >= 0.6 is 0 Å². The maximum atomic E-state index is 13.8. The summed E-state index contributed by atoms with van der Waals surface area (Å²) in [4.78, 5) is 15.2. The molecular weight excluding hydrogens is 273 g/mol. The number of amides is 1. The van der Waals surface area contributed by atoms with E-state index in [4.69, 9.17) is 0 Å². The normalized spacial score (nSPS) is 10.0. The first-order chi connectivity index (χ1) is 10.1. The highest BCUT2D eigenvalue weighted by molar-refractivity contribution is 5.84. The molecule has 6 heteroatoms. The Balaban J connectivity index is 2.03. The average molecular weight is 289 g/mol. The van der Waals surface area contributed by atoms with E-state index < -0.39 is 11.9 Å². The SMILES string of the molecule is COC(=O)Nc1ccc(NCc2cccnc2C)cc1F. The van der Waals surface area contributed by atoms with E-state index in [2.05, 4.69) is 20.4 Å². The number of rotatable bonds is 4. The third-order valence-electron chi connectivity index (χ3n) is 2.99. The summed E-state index contributed by atoms with van der Waals surface area (Å²) in [6.45, 7) is 2.46. The molecular formula is C15H16FN3O2. The van der Waals surface area contributed by atoms with E-state index in [-0.39, 0.29) is 5.69 Å². The molecule has 0 atom stereocenters. The van der Waals surface area contributed by atoms with Crippen LogP contribution in [0.3, 0.4) is 0 Å². The van der Waals surface area contributed by atoms with Crippen molar-refractivity contribution >= 4 is 17.5 Å². The third kappa shape index (κ3) is 3.92. The smallest absolute Gasteiger partial charge is 0.411 e. The maximum Gasteiger partial charge on any atom is 0.411 e. The molecule has 5 nitrogen and oxygen atoms in total. The first-order valence-corrected chi connectivity index (χ1v) is 6.39. The molecule has 110 valence electrons. The molecule has 0 aliphatic carbocycles. The number of hydrogen-bond donors (Lipinski definition) is 2. The van der Waals surface area contributed by atoms with Gasteiger partial charge in [0.05, 0.1) is 12.8 Å². The molecule has 2 aromatic rings. The number of aryl methyl sites for hydroxylation is 1. The van der Waals surface area contributed by atoms with Gasteiger partial charge in [0.2, 0.25) is 0 Å². The highest BCUT2D eigenvalue weighted by atomic mass is 19.1. The van der Waals surface area contributed by atoms with Crippen LogP contribution in [0.4, 0.5) is 20.6 Å². The number of nitrogens with zero attached hydrogens (tertiary/aromatic N) is 1. The minimum absolute atomic E-state index is 0.0740. The summed E-state index contributed by atoms with van der Waals surface area (Å²) < 4.78 is 18.2. The number of carbonyl (C=O) groups excluding carboxylic acids is 1. The minimum atomic E-state index is -0.708. The van der Waals surface area contributed by atoms with Crippen LogP contribution in [0, 0.1) is 12.7 Å². The van der Waals surface area contributed by atoms with Crippen molar-refractivity contribution in [2.45, 2.75) is 13.5 Å². The van der Waals surface area contributed by atoms with Gasteiger partial charge in [-0.15, -0.1) is 0 Å². The molecule has 0 radical (unpaired) electrons. The molecule has 21 heavy (non-hydrogen) atoms. The Kier molecular flexibility index (Phi) is 4.71. The van der Waals surface area contributed by atoms with Crippen LogP contribution in [0.25, 0.3) is 0 Å². The van der Waals surface area contributed by atoms with Crippen molar-refractivity contribution in [2.75, 3.05) is 17.7 Å². The molecule has 1 amide bonds. The molecule has 2 rings (SSSR count). The van der Waals surface area contributed by atoms with Crippen LogP contribution in [0.15, 0.2) is 36.5 Å². The lowest BCUT2D eigenvalue weighted by Crippen LogP contribution is -2.12. The molecule has 0 aliphatic rings. The molecule has 0 saturated heterocycles. The number of pyridine rings is 1. The number of ether oxygens (including phenoxy) is 1. The van der Waals surface area contributed by atoms with Crippen LogP contribution in [-0.4, -0.2) is 18.2 Å². The van der Waals surface area contributed by atoms with Gasteiger partial charge in [0.25, 0.3) is 0 Å². The van der Waals surface area contributed by atoms with E-state index in [1.54, 1.807) is 12.3 Å². The number of carbonyl (C=O) groups is 1. The van der Waals surface area contributed by atoms with Crippen molar-refractivity contribution in [1.82, 2.24) is 4.98 Å². The van der Waals surface area contributed by atoms with Gasteiger partial charge in [-0.2, -0.15) is 0 Å². The topological polar surface area (TPSA) is 63.2 Å². The summed E-state index contributed by atoms with van der Waals surface area (Å²) in [5, 5.41) is 5.41. The van der Waals surface area contributed by atoms with Crippen molar-refractivity contribution in [2.24, 2.45) is 0 Å². The van der Waals surface area contributed by atoms with E-state index in [0.29, 0.717) is 12.2 Å². The summed E-state index contributed by atoms with van der Waals surface area (Å²) in [6.07, 6.45) is 1.02. The first kappa shape index (κ1) is 14.8. The van der Waals surface area contributed by atoms with Gasteiger partial charge in [-0.05, 0) is 36.8 Å². The van der Waals surface area contributed by atoms with Gasteiger partial charge in [-0.1, -0.05) is 6.07 Å². The van der Waals surface area contributed by atoms with E-state index in [9.17, 15) is 9.18 Å². The molecule has 1 aromatic heterocycles. The third-order valence-corrected chi connectivity index (χ3v) is 2.99. The van der Waals surface area contributed by atoms with Gasteiger partial charge in [0.1, 0.15) is 5.82 Å². The Morgan fingerprint density at radius 2 is 2.19 bits per heavy atom. The summed E-state index contributed by atoms with van der Waals surface area (Å²) in [7, 11) is 1.22. The van der Waals surface area contributed by atoms with Gasteiger partial charge in [0, 0.05) is 24.1 Å². The second kappa shape index (κ2) is 6.69. The fourth-order valence-electron chi connectivity index (χ4n) is 1.79. The zero-order valence-corrected chi connectivity index (χ0v) is 11.8. The van der Waals surface area contributed by atoms with E-state index in [0.717, 1.165) is 11.3 Å². The summed E-state index contributed by atoms with van der Waals surface area (Å²) >= 11 is 0. The van der Waals surface area contributed by atoms with Gasteiger partial charge >= 0.3 is 6.09 Å². The number of halogens is 1. The standard InChI is InChI=1S/C15H16FN3O2/c1-10-11(4-3-7-17-10)9-18-12-5-6-14(13(16)8-12)19-15(20)21-2/h3-8,18H,9H2,1-2H3,(H,19,20). The second-order valence-corrected chi connectivity index (χ2v) is 4.41. The lowest BCUT2D eigenvalue weighted by molar-refractivity contribution is 0.187. The Morgan fingerprint density at radius 1 is 1.38 bits per heavy atom. The first-order valence-electron chi connectivity index (χ1n) is 6.39. The number of nitrogens with one attached hydrogen (secondary N) is 2. The number of aromatic nitrogens is 1. The molecule has 2 N–H and O–H groups in total. The van der Waals surface area contributed by atoms with Crippen molar-refractivity contribution in [1.29, 1.82) is 0 Å². The average Bonchev–Trinajstić information content (AvgIpc) is 2.48. The molecule has 1 heterocycles. The van der Waals surface area contributed by atoms with Gasteiger partial charge in [0.15, 0.2) is 0 Å². The number of anilines is 2. The summed E-state index contributed by atoms with van der Waals surface area (Å²) in [6, 6.07) is 8.29. The second-order valence-electron chi connectivity index (χ2n) is 4.41. The fourth-order valence-corrected chi connectivity index (χ4v) is 1.79. The van der Waals surface area contributed by atoms with Crippen molar-refractivity contribution in [3.63, 3.8) is 0 Å². The largest absolute Gasteiger partial charge is 0.453 e. The minimum Gasteiger partial charge on any atom is -0.453 e. The van der Waals surface area contributed by atoms with E-state index in [1.807, 2.05) is 19.1 Å². The number of benzene rings is 1. The quantitative estimate of drug-likeness (QED) is 0.906. The van der Waals surface area contributed by atoms with Crippen LogP contribution in [0.5, 0.6) is 0 Å². The predicted octanol–water partition coefficient (Wildman–Crippen LogP) is 3.32. The number of methoxy groups -OCH3 is 1. The summed E-state index contributed by atoms with van der Waals surface area (Å²) in [5.41, 5.74) is 2.65. The van der Waals surface area contributed by atoms with E-state index >= 15 is 0 Å². The zero-order valence-electron chi connectivity index (χ0n) is 11.8. The highest BCUT2D eigenvalue weighted by Crippen LogP contribution is 2.20. The Labute approximate surface area is 122 Å². The molecule has 0 spiro atoms. The zero-order chi connectivity index (χ0) is 15.2. The Bertz CT molecular complexity index is 647. The lowest BCUT2D eigenvalue weighted by Gasteiger charge is -2.10. The molecule has 0 bridgehead atoms. The van der Waals surface area contributed by atoms with Crippen LogP contribution < -0.4 is 10.6 Å². The van der Waals surface area contributed by atoms with Crippen LogP contribution in [0.1, 0.15) is 11.3 Å².